The minimum Gasteiger partial charge on any atom is -0.379 e. The number of benzene rings is 1. The van der Waals surface area contributed by atoms with Gasteiger partial charge in [0.05, 0.1) is 13.2 Å². The first-order chi connectivity index (χ1) is 10.3. The van der Waals surface area contributed by atoms with Crippen molar-refractivity contribution in [3.8, 4) is 11.5 Å². The van der Waals surface area contributed by atoms with Crippen molar-refractivity contribution < 1.29 is 9.26 Å². The van der Waals surface area contributed by atoms with Gasteiger partial charge in [0.15, 0.2) is 5.82 Å². The third-order valence-electron chi connectivity index (χ3n) is 3.80. The molecule has 0 amide bonds. The second-order valence-electron chi connectivity index (χ2n) is 5.36. The maximum Gasteiger partial charge on any atom is 0.258 e. The Labute approximate surface area is 124 Å². The summed E-state index contributed by atoms with van der Waals surface area (Å²) in [5.74, 6) is 1.29. The molecule has 2 heterocycles. The van der Waals surface area contributed by atoms with Crippen LogP contribution >= 0.6 is 0 Å². The molecule has 0 atom stereocenters. The van der Waals surface area contributed by atoms with Crippen LogP contribution < -0.4 is 0 Å². The number of morpholine rings is 1. The fraction of sp³-hybridized carbons (Fsp3) is 0.500. The average molecular weight is 287 g/mol. The van der Waals surface area contributed by atoms with Crippen molar-refractivity contribution in [2.24, 2.45) is 0 Å². The first-order valence-corrected chi connectivity index (χ1v) is 7.51. The molecule has 1 aromatic heterocycles. The van der Waals surface area contributed by atoms with E-state index in [1.807, 2.05) is 13.0 Å². The van der Waals surface area contributed by atoms with Crippen LogP contribution in [0.4, 0.5) is 0 Å². The van der Waals surface area contributed by atoms with Crippen molar-refractivity contribution in [1.29, 1.82) is 0 Å². The van der Waals surface area contributed by atoms with Crippen molar-refractivity contribution in [2.45, 2.75) is 19.8 Å². The van der Waals surface area contributed by atoms with Crippen LogP contribution in [0.2, 0.25) is 0 Å². The zero-order chi connectivity index (χ0) is 14.5. The van der Waals surface area contributed by atoms with Crippen LogP contribution in [0.15, 0.2) is 28.8 Å². The summed E-state index contributed by atoms with van der Waals surface area (Å²) in [6.45, 7) is 6.76. The maximum absolute atomic E-state index is 5.37. The summed E-state index contributed by atoms with van der Waals surface area (Å²) in [6, 6.07) is 8.28. The molecule has 0 spiro atoms. The molecule has 0 N–H and O–H groups in total. The molecule has 0 aliphatic carbocycles. The molecular weight excluding hydrogens is 266 g/mol. The second kappa shape index (κ2) is 6.83. The molecule has 0 bridgehead atoms. The quantitative estimate of drug-likeness (QED) is 0.844. The normalized spacial score (nSPS) is 16.2. The van der Waals surface area contributed by atoms with Crippen molar-refractivity contribution >= 4 is 0 Å². The predicted octanol–water partition coefficient (Wildman–Crippen LogP) is 2.31. The largest absolute Gasteiger partial charge is 0.379 e. The van der Waals surface area contributed by atoms with E-state index in [-0.39, 0.29) is 0 Å². The van der Waals surface area contributed by atoms with Gasteiger partial charge in [-0.25, -0.2) is 0 Å². The van der Waals surface area contributed by atoms with E-state index in [2.05, 4.69) is 33.2 Å². The second-order valence-corrected chi connectivity index (χ2v) is 5.36. The van der Waals surface area contributed by atoms with Gasteiger partial charge in [-0.3, -0.25) is 4.90 Å². The molecule has 1 aliphatic heterocycles. The molecule has 1 saturated heterocycles. The highest BCUT2D eigenvalue weighted by atomic mass is 16.5. The monoisotopic (exact) mass is 287 g/mol. The lowest BCUT2D eigenvalue weighted by molar-refractivity contribution is 0.0375. The lowest BCUT2D eigenvalue weighted by Gasteiger charge is -2.26. The highest BCUT2D eigenvalue weighted by Crippen LogP contribution is 2.23. The topological polar surface area (TPSA) is 51.4 Å². The minimum absolute atomic E-state index is 0.620. The molecule has 0 saturated carbocycles. The molecule has 5 nitrogen and oxygen atoms in total. The van der Waals surface area contributed by atoms with Gasteiger partial charge in [0.1, 0.15) is 0 Å². The van der Waals surface area contributed by atoms with Crippen LogP contribution in [0, 0.1) is 6.92 Å². The molecule has 112 valence electrons. The van der Waals surface area contributed by atoms with Crippen molar-refractivity contribution in [3.63, 3.8) is 0 Å². The smallest absolute Gasteiger partial charge is 0.258 e. The number of aromatic nitrogens is 2. The van der Waals surface area contributed by atoms with E-state index in [1.54, 1.807) is 0 Å². The summed E-state index contributed by atoms with van der Waals surface area (Å²) >= 11 is 0. The molecule has 21 heavy (non-hydrogen) atoms. The first kappa shape index (κ1) is 14.2. The highest BCUT2D eigenvalue weighted by molar-refractivity contribution is 5.58. The Hall–Kier alpha value is -1.72. The molecule has 3 rings (SSSR count). The third-order valence-corrected chi connectivity index (χ3v) is 3.80. The zero-order valence-electron chi connectivity index (χ0n) is 12.4. The molecule has 2 aromatic rings. The van der Waals surface area contributed by atoms with Gasteiger partial charge in [-0.1, -0.05) is 23.4 Å². The lowest BCUT2D eigenvalue weighted by atomic mass is 10.0. The maximum atomic E-state index is 5.37. The van der Waals surface area contributed by atoms with E-state index in [0.717, 1.165) is 51.3 Å². The Morgan fingerprint density at radius 1 is 1.19 bits per heavy atom. The molecule has 1 aliphatic rings. The fourth-order valence-corrected chi connectivity index (χ4v) is 2.67. The highest BCUT2D eigenvalue weighted by Gasteiger charge is 2.13. The number of ether oxygens (including phenoxy) is 1. The Kier molecular flexibility index (Phi) is 4.62. The Bertz CT molecular complexity index is 576. The van der Waals surface area contributed by atoms with E-state index in [9.17, 15) is 0 Å². The Morgan fingerprint density at radius 2 is 2.00 bits per heavy atom. The molecular formula is C16H21N3O2. The molecule has 5 heteroatoms. The molecule has 0 radical (unpaired) electrons. The molecule has 1 aromatic carbocycles. The van der Waals surface area contributed by atoms with Gasteiger partial charge in [0.2, 0.25) is 0 Å². The van der Waals surface area contributed by atoms with Crippen LogP contribution in [0.3, 0.4) is 0 Å². The summed E-state index contributed by atoms with van der Waals surface area (Å²) < 4.78 is 10.7. The van der Waals surface area contributed by atoms with Crippen LogP contribution in [0.1, 0.15) is 17.8 Å². The van der Waals surface area contributed by atoms with Gasteiger partial charge in [-0.05, 0) is 37.9 Å². The SMILES string of the molecule is Cc1noc(-c2ccccc2CCCN2CCOCC2)n1. The number of hydrogen-bond acceptors (Lipinski definition) is 5. The fourth-order valence-electron chi connectivity index (χ4n) is 2.67. The predicted molar refractivity (Wildman–Crippen MR) is 80.1 cm³/mol. The van der Waals surface area contributed by atoms with Gasteiger partial charge >= 0.3 is 0 Å². The standard InChI is InChI=1S/C16H21N3O2/c1-13-17-16(21-18-13)15-7-3-2-5-14(15)6-4-8-19-9-11-20-12-10-19/h2-3,5,7H,4,6,8-12H2,1H3. The van der Waals surface area contributed by atoms with Gasteiger partial charge in [0, 0.05) is 18.7 Å². The summed E-state index contributed by atoms with van der Waals surface area (Å²) in [5, 5.41) is 3.88. The van der Waals surface area contributed by atoms with Gasteiger partial charge in [0.25, 0.3) is 5.89 Å². The summed E-state index contributed by atoms with van der Waals surface area (Å²) in [7, 11) is 0. The average Bonchev–Trinajstić information content (AvgIpc) is 2.95. The minimum atomic E-state index is 0.620. The van der Waals surface area contributed by atoms with E-state index in [0.29, 0.717) is 11.7 Å². The van der Waals surface area contributed by atoms with Crippen molar-refractivity contribution in [3.05, 3.63) is 35.7 Å². The first-order valence-electron chi connectivity index (χ1n) is 7.51. The number of rotatable bonds is 5. The van der Waals surface area contributed by atoms with E-state index >= 15 is 0 Å². The number of aryl methyl sites for hydroxylation is 2. The zero-order valence-corrected chi connectivity index (χ0v) is 12.4. The van der Waals surface area contributed by atoms with Crippen molar-refractivity contribution in [2.75, 3.05) is 32.8 Å². The number of nitrogens with zero attached hydrogens (tertiary/aromatic N) is 3. The van der Waals surface area contributed by atoms with Crippen LogP contribution in [-0.2, 0) is 11.2 Å². The van der Waals surface area contributed by atoms with E-state index in [1.165, 1.54) is 5.56 Å². The number of hydrogen-bond donors (Lipinski definition) is 0. The summed E-state index contributed by atoms with van der Waals surface area (Å²) in [4.78, 5) is 6.80. The van der Waals surface area contributed by atoms with Gasteiger partial charge < -0.3 is 9.26 Å². The Balaban J connectivity index is 1.62. The van der Waals surface area contributed by atoms with Crippen LogP contribution in [-0.4, -0.2) is 47.9 Å². The summed E-state index contributed by atoms with van der Waals surface area (Å²) in [5.41, 5.74) is 2.33. The van der Waals surface area contributed by atoms with Crippen LogP contribution in [0.25, 0.3) is 11.5 Å². The van der Waals surface area contributed by atoms with E-state index in [4.69, 9.17) is 9.26 Å². The lowest BCUT2D eigenvalue weighted by Crippen LogP contribution is -2.36. The molecule has 1 fully saturated rings. The Morgan fingerprint density at radius 3 is 2.76 bits per heavy atom. The van der Waals surface area contributed by atoms with Crippen LogP contribution in [0.5, 0.6) is 0 Å². The molecule has 0 unspecified atom stereocenters. The van der Waals surface area contributed by atoms with E-state index < -0.39 is 0 Å². The van der Waals surface area contributed by atoms with Crippen molar-refractivity contribution in [1.82, 2.24) is 15.0 Å². The summed E-state index contributed by atoms with van der Waals surface area (Å²) in [6.07, 6.45) is 2.15. The third kappa shape index (κ3) is 3.68. The van der Waals surface area contributed by atoms with Gasteiger partial charge in [-0.15, -0.1) is 0 Å². The van der Waals surface area contributed by atoms with Gasteiger partial charge in [-0.2, -0.15) is 4.98 Å².